The van der Waals surface area contributed by atoms with Crippen molar-refractivity contribution >= 4 is 103 Å². The maximum Gasteiger partial charge on any atom is 0.328 e. The van der Waals surface area contributed by atoms with Crippen LogP contribution in [0.2, 0.25) is 0 Å². The number of non-ortho nitro benzene ring substituents is 1. The van der Waals surface area contributed by atoms with Crippen LogP contribution < -0.4 is 10.6 Å². The molecule has 4 aromatic rings. The standard InChI is InChI=1S/C26H17N9O19S4/c36-22-18-9(6-17(58(52,53)54)20(23(18)37)33-31-13-4-2-11(35(41)42)8-15(13)56(46,47)48)5-16(57(49,50)51)19(22)32-30-12-3-1-10(7-14(12)55(43,44)45)29-34-21-24(38)27-26(40)28-25(21)39/h1-8,21,36-37H,(H,43,44,45)(H,46,47,48)(H,49,50,51)(H,52,53,54)(H2,27,28,38,39,40)/b32-30+,33-31+,34-29+. The van der Waals surface area contributed by atoms with E-state index in [9.17, 15) is 86.6 Å². The summed E-state index contributed by atoms with van der Waals surface area (Å²) in [6.07, 6.45) is 0. The molecule has 304 valence electrons. The number of phenols is 2. The van der Waals surface area contributed by atoms with E-state index in [0.29, 0.717) is 36.4 Å². The number of nitro benzene ring substituents is 1. The molecule has 8 N–H and O–H groups in total. The summed E-state index contributed by atoms with van der Waals surface area (Å²) in [6.45, 7) is 0. The van der Waals surface area contributed by atoms with E-state index in [1.165, 1.54) is 0 Å². The number of nitrogens with zero attached hydrogens (tertiary/aromatic N) is 7. The second-order valence-corrected chi connectivity index (χ2v) is 16.6. The Morgan fingerprint density at radius 2 is 1.02 bits per heavy atom. The van der Waals surface area contributed by atoms with Crippen LogP contribution in [0.4, 0.5) is 38.9 Å². The molecule has 1 fully saturated rings. The van der Waals surface area contributed by atoms with Gasteiger partial charge in [-0.1, -0.05) is 0 Å². The summed E-state index contributed by atoms with van der Waals surface area (Å²) in [4.78, 5) is 39.9. The smallest absolute Gasteiger partial charge is 0.328 e. The van der Waals surface area contributed by atoms with Crippen molar-refractivity contribution in [1.82, 2.24) is 10.6 Å². The van der Waals surface area contributed by atoms with Crippen LogP contribution in [0.25, 0.3) is 10.8 Å². The number of azo groups is 3. The molecule has 58 heavy (non-hydrogen) atoms. The summed E-state index contributed by atoms with van der Waals surface area (Å²) in [5.74, 6) is -5.37. The molecule has 1 aliphatic heterocycles. The van der Waals surface area contributed by atoms with Gasteiger partial charge in [0, 0.05) is 12.1 Å². The lowest BCUT2D eigenvalue weighted by molar-refractivity contribution is -0.385. The molecule has 0 aromatic heterocycles. The van der Waals surface area contributed by atoms with Crippen LogP contribution in [0.5, 0.6) is 11.5 Å². The lowest BCUT2D eigenvalue weighted by Gasteiger charge is -2.16. The number of phenolic OH excluding ortho intramolecular Hbond substituents is 2. The molecule has 4 amide bonds. The summed E-state index contributed by atoms with van der Waals surface area (Å²) in [5, 5.41) is 55.7. The second kappa shape index (κ2) is 14.9. The first kappa shape index (κ1) is 42.3. The summed E-state index contributed by atoms with van der Waals surface area (Å²) in [7, 11) is -21.7. The van der Waals surface area contributed by atoms with E-state index in [1.807, 2.05) is 0 Å². The van der Waals surface area contributed by atoms with Gasteiger partial charge in [0.2, 0.25) is 6.04 Å². The second-order valence-electron chi connectivity index (χ2n) is 11.0. The lowest BCUT2D eigenvalue weighted by Crippen LogP contribution is -2.57. The fourth-order valence-electron chi connectivity index (χ4n) is 4.76. The third kappa shape index (κ3) is 8.76. The summed E-state index contributed by atoms with van der Waals surface area (Å²) >= 11 is 0. The van der Waals surface area contributed by atoms with Crippen LogP contribution in [-0.4, -0.2) is 90.9 Å². The van der Waals surface area contributed by atoms with Crippen LogP contribution >= 0.6 is 0 Å². The molecular formula is C26H17N9O19S4. The third-order valence-electron chi connectivity index (χ3n) is 7.23. The number of nitro groups is 1. The van der Waals surface area contributed by atoms with Crippen molar-refractivity contribution in [2.45, 2.75) is 25.6 Å². The van der Waals surface area contributed by atoms with Crippen molar-refractivity contribution in [2.75, 3.05) is 0 Å². The Morgan fingerprint density at radius 1 is 0.586 bits per heavy atom. The van der Waals surface area contributed by atoms with Crippen LogP contribution in [0.1, 0.15) is 0 Å². The van der Waals surface area contributed by atoms with Crippen molar-refractivity contribution < 1.29 is 81.4 Å². The normalized spacial score (nSPS) is 14.8. The number of carbonyl (C=O) groups is 3. The summed E-state index contributed by atoms with van der Waals surface area (Å²) < 4.78 is 137. The average Bonchev–Trinajstić information content (AvgIpc) is 3.08. The highest BCUT2D eigenvalue weighted by Gasteiger charge is 2.35. The quantitative estimate of drug-likeness (QED) is 0.0353. The number of nitrogens with one attached hydrogen (secondary N) is 2. The number of imide groups is 2. The largest absolute Gasteiger partial charge is 0.505 e. The number of hydrogen-bond donors (Lipinski definition) is 8. The Balaban J connectivity index is 1.70. The Labute approximate surface area is 320 Å². The molecule has 0 atom stereocenters. The van der Waals surface area contributed by atoms with Gasteiger partial charge in [0.05, 0.1) is 16.0 Å². The molecule has 4 aromatic carbocycles. The lowest BCUT2D eigenvalue weighted by atomic mass is 10.1. The first-order chi connectivity index (χ1) is 26.7. The van der Waals surface area contributed by atoms with Crippen LogP contribution in [0.15, 0.2) is 98.8 Å². The number of fused-ring (bicyclic) bond motifs is 1. The number of benzene rings is 4. The van der Waals surface area contributed by atoms with Gasteiger partial charge in [0.1, 0.15) is 42.3 Å². The van der Waals surface area contributed by atoms with Crippen molar-refractivity contribution in [3.05, 3.63) is 58.6 Å². The van der Waals surface area contributed by atoms with E-state index in [2.05, 4.69) is 30.7 Å². The number of urea groups is 1. The van der Waals surface area contributed by atoms with Crippen molar-refractivity contribution in [2.24, 2.45) is 30.7 Å². The molecule has 0 bridgehead atoms. The van der Waals surface area contributed by atoms with Crippen LogP contribution in [0, 0.1) is 10.1 Å². The van der Waals surface area contributed by atoms with Gasteiger partial charge in [0.25, 0.3) is 58.0 Å². The highest BCUT2D eigenvalue weighted by atomic mass is 32.2. The van der Waals surface area contributed by atoms with Crippen LogP contribution in [-0.2, 0) is 50.1 Å². The van der Waals surface area contributed by atoms with Crippen molar-refractivity contribution in [3.8, 4) is 11.5 Å². The molecule has 1 saturated heterocycles. The first-order valence-corrected chi connectivity index (χ1v) is 20.2. The summed E-state index contributed by atoms with van der Waals surface area (Å²) in [5.41, 5.74) is -5.75. The molecule has 0 radical (unpaired) electrons. The highest BCUT2D eigenvalue weighted by molar-refractivity contribution is 7.86. The van der Waals surface area contributed by atoms with Gasteiger partial charge in [0.15, 0.2) is 11.5 Å². The minimum absolute atomic E-state index is 0.333. The fraction of sp³-hybridized carbons (Fsp3) is 0.0385. The Kier molecular flexibility index (Phi) is 10.9. The number of barbiturate groups is 1. The predicted octanol–water partition coefficient (Wildman–Crippen LogP) is 2.80. The minimum atomic E-state index is -5.53. The van der Waals surface area contributed by atoms with E-state index >= 15 is 0 Å². The van der Waals surface area contributed by atoms with E-state index < -0.39 is 145 Å². The highest BCUT2D eigenvalue weighted by Crippen LogP contribution is 2.50. The number of hydrogen-bond acceptors (Lipinski definition) is 21. The number of amides is 4. The van der Waals surface area contributed by atoms with Gasteiger partial charge in [-0.2, -0.15) is 43.9 Å². The average molecular weight is 888 g/mol. The van der Waals surface area contributed by atoms with Crippen LogP contribution in [0.3, 0.4) is 0 Å². The maximum atomic E-state index is 12.4. The summed E-state index contributed by atoms with van der Waals surface area (Å²) in [6, 6.07) is 1.51. The van der Waals surface area contributed by atoms with E-state index in [-0.39, 0.29) is 0 Å². The monoisotopic (exact) mass is 887 g/mol. The molecule has 32 heteroatoms. The van der Waals surface area contributed by atoms with Gasteiger partial charge in [-0.05, 0) is 41.8 Å². The Bertz CT molecular complexity index is 3060. The number of carbonyl (C=O) groups excluding carboxylic acids is 3. The van der Waals surface area contributed by atoms with Crippen molar-refractivity contribution in [1.29, 1.82) is 0 Å². The first-order valence-electron chi connectivity index (χ1n) is 14.5. The zero-order valence-corrected chi connectivity index (χ0v) is 30.7. The number of rotatable bonds is 11. The molecule has 0 spiro atoms. The molecule has 0 aliphatic carbocycles. The molecular weight excluding hydrogens is 871 g/mol. The molecule has 1 aliphatic rings. The van der Waals surface area contributed by atoms with Gasteiger partial charge in [-0.15, -0.1) is 20.5 Å². The van der Waals surface area contributed by atoms with E-state index in [1.54, 1.807) is 10.6 Å². The maximum absolute atomic E-state index is 12.4. The zero-order valence-electron chi connectivity index (χ0n) is 27.5. The Hall–Kier alpha value is -6.81. The SMILES string of the molecule is O=C1NC(=O)C(/N=N/c2ccc(/N=N/c3c(S(=O)(=O)O)cc4cc(S(=O)(=O)O)c(/N=N/c5ccc([N+](=O)[O-])cc5S(=O)(=O)O)c(O)c4c3O)c(S(=O)(=O)O)c2)C(=O)N1. The third-order valence-corrected chi connectivity index (χ3v) is 10.7. The van der Waals surface area contributed by atoms with E-state index in [4.69, 9.17) is 0 Å². The fourth-order valence-corrected chi connectivity index (χ4v) is 7.36. The minimum Gasteiger partial charge on any atom is -0.505 e. The molecule has 5 rings (SSSR count). The van der Waals surface area contributed by atoms with Gasteiger partial charge in [-0.25, -0.2) is 4.79 Å². The van der Waals surface area contributed by atoms with E-state index in [0.717, 1.165) is 12.1 Å². The predicted molar refractivity (Wildman–Crippen MR) is 184 cm³/mol. The number of aromatic hydroxyl groups is 2. The van der Waals surface area contributed by atoms with Gasteiger partial charge in [-0.3, -0.25) is 48.5 Å². The Morgan fingerprint density at radius 3 is 1.45 bits per heavy atom. The zero-order chi connectivity index (χ0) is 43.3. The molecule has 1 heterocycles. The molecule has 0 saturated carbocycles. The van der Waals surface area contributed by atoms with Gasteiger partial charge < -0.3 is 10.2 Å². The van der Waals surface area contributed by atoms with Gasteiger partial charge >= 0.3 is 6.03 Å². The molecule has 28 nitrogen and oxygen atoms in total. The van der Waals surface area contributed by atoms with Crippen molar-refractivity contribution in [3.63, 3.8) is 0 Å². The topological polar surface area (TPSA) is 451 Å². The molecule has 0 unspecified atom stereocenters.